The molecule has 4 nitrogen and oxygen atoms in total. The number of nitrogens with zero attached hydrogens (tertiary/aromatic N) is 2. The minimum atomic E-state index is -0.479. The lowest BCUT2D eigenvalue weighted by atomic mass is 10.2. The number of hydrogen-bond acceptors (Lipinski definition) is 3. The Hall–Kier alpha value is -0.980. The molecule has 1 aromatic rings. The van der Waals surface area contributed by atoms with Crippen molar-refractivity contribution in [3.8, 4) is 0 Å². The molecule has 1 aliphatic rings. The van der Waals surface area contributed by atoms with Crippen LogP contribution in [0.5, 0.6) is 0 Å². The summed E-state index contributed by atoms with van der Waals surface area (Å²) in [5.74, 6) is -0.758. The van der Waals surface area contributed by atoms with Gasteiger partial charge in [0.05, 0.1) is 5.56 Å². The lowest BCUT2D eigenvalue weighted by Crippen LogP contribution is -2.46. The summed E-state index contributed by atoms with van der Waals surface area (Å²) < 4.78 is 14.4. The first-order valence-electron chi connectivity index (χ1n) is 6.71. The van der Waals surface area contributed by atoms with Crippen molar-refractivity contribution in [2.24, 2.45) is 0 Å². The molecule has 6 heteroatoms. The number of piperazine rings is 1. The van der Waals surface area contributed by atoms with Gasteiger partial charge in [0.2, 0.25) is 0 Å². The SMILES string of the molecule is CN(CCN1CCNCC1)C(=O)c1cc(Br)ccc1F. The van der Waals surface area contributed by atoms with Crippen molar-refractivity contribution in [1.82, 2.24) is 15.1 Å². The molecule has 20 heavy (non-hydrogen) atoms. The van der Waals surface area contributed by atoms with Gasteiger partial charge in [-0.2, -0.15) is 0 Å². The Morgan fingerprint density at radius 2 is 2.15 bits per heavy atom. The highest BCUT2D eigenvalue weighted by Crippen LogP contribution is 2.16. The zero-order valence-corrected chi connectivity index (χ0v) is 13.1. The van der Waals surface area contributed by atoms with Gasteiger partial charge < -0.3 is 10.2 Å². The number of carbonyl (C=O) groups is 1. The molecule has 2 rings (SSSR count). The maximum absolute atomic E-state index is 13.7. The number of amides is 1. The Bertz CT molecular complexity index is 477. The van der Waals surface area contributed by atoms with Crippen LogP contribution >= 0.6 is 15.9 Å². The van der Waals surface area contributed by atoms with Gasteiger partial charge in [-0.25, -0.2) is 4.39 Å². The molecule has 0 spiro atoms. The zero-order chi connectivity index (χ0) is 14.5. The average molecular weight is 344 g/mol. The third-order valence-electron chi connectivity index (χ3n) is 3.47. The molecule has 0 bridgehead atoms. The van der Waals surface area contributed by atoms with Crippen molar-refractivity contribution in [3.05, 3.63) is 34.1 Å². The first-order valence-corrected chi connectivity index (χ1v) is 7.51. The highest BCUT2D eigenvalue weighted by atomic mass is 79.9. The standard InChI is InChI=1S/C14H19BrFN3O/c1-18(8-9-19-6-4-17-5-7-19)14(20)12-10-11(15)2-3-13(12)16/h2-3,10,17H,4-9H2,1H3. The monoisotopic (exact) mass is 343 g/mol. The molecule has 0 aliphatic carbocycles. The fourth-order valence-corrected chi connectivity index (χ4v) is 2.56. The molecule has 1 N–H and O–H groups in total. The quantitative estimate of drug-likeness (QED) is 0.901. The summed E-state index contributed by atoms with van der Waals surface area (Å²) >= 11 is 3.26. The molecule has 1 saturated heterocycles. The van der Waals surface area contributed by atoms with E-state index in [2.05, 4.69) is 26.1 Å². The lowest BCUT2D eigenvalue weighted by molar-refractivity contribution is 0.0770. The molecular weight excluding hydrogens is 325 g/mol. The molecule has 1 fully saturated rings. The fourth-order valence-electron chi connectivity index (χ4n) is 2.19. The number of likely N-dealkylation sites (N-methyl/N-ethyl adjacent to an activating group) is 1. The molecule has 0 unspecified atom stereocenters. The largest absolute Gasteiger partial charge is 0.340 e. The van der Waals surface area contributed by atoms with Crippen LogP contribution in [0.1, 0.15) is 10.4 Å². The summed E-state index contributed by atoms with van der Waals surface area (Å²) in [6, 6.07) is 4.42. The average Bonchev–Trinajstić information content (AvgIpc) is 2.47. The number of benzene rings is 1. The van der Waals surface area contributed by atoms with Gasteiger partial charge in [0, 0.05) is 50.8 Å². The van der Waals surface area contributed by atoms with Gasteiger partial charge in [0.15, 0.2) is 0 Å². The van der Waals surface area contributed by atoms with E-state index in [0.29, 0.717) is 11.0 Å². The minimum Gasteiger partial charge on any atom is -0.340 e. The molecule has 110 valence electrons. The second kappa shape index (κ2) is 7.15. The molecule has 0 atom stereocenters. The summed E-state index contributed by atoms with van der Waals surface area (Å²) in [6.45, 7) is 5.38. The molecule has 0 saturated carbocycles. The van der Waals surface area contributed by atoms with Crippen LogP contribution in [0.25, 0.3) is 0 Å². The molecular formula is C14H19BrFN3O. The van der Waals surface area contributed by atoms with Crippen LogP contribution in [0.3, 0.4) is 0 Å². The summed E-state index contributed by atoms with van der Waals surface area (Å²) in [5.41, 5.74) is 0.113. The van der Waals surface area contributed by atoms with Crippen LogP contribution in [0.4, 0.5) is 4.39 Å². The summed E-state index contributed by atoms with van der Waals surface area (Å²) in [4.78, 5) is 16.1. The number of carbonyl (C=O) groups excluding carboxylic acids is 1. The van der Waals surface area contributed by atoms with Crippen molar-refractivity contribution >= 4 is 21.8 Å². The molecule has 1 aromatic carbocycles. The Labute approximate surface area is 127 Å². The van der Waals surface area contributed by atoms with Crippen LogP contribution < -0.4 is 5.32 Å². The van der Waals surface area contributed by atoms with E-state index in [-0.39, 0.29) is 11.5 Å². The first-order chi connectivity index (χ1) is 9.58. The highest BCUT2D eigenvalue weighted by molar-refractivity contribution is 9.10. The van der Waals surface area contributed by atoms with Crippen molar-refractivity contribution in [1.29, 1.82) is 0 Å². The Balaban J connectivity index is 1.92. The number of halogens is 2. The number of hydrogen-bond donors (Lipinski definition) is 1. The maximum Gasteiger partial charge on any atom is 0.256 e. The van der Waals surface area contributed by atoms with E-state index in [4.69, 9.17) is 0 Å². The van der Waals surface area contributed by atoms with Crippen LogP contribution in [0, 0.1) is 5.82 Å². The second-order valence-electron chi connectivity index (χ2n) is 4.94. The molecule has 0 radical (unpaired) electrons. The molecule has 1 aliphatic heterocycles. The summed E-state index contributed by atoms with van der Waals surface area (Å²) in [6.07, 6.45) is 0. The normalized spacial score (nSPS) is 16.1. The lowest BCUT2D eigenvalue weighted by Gasteiger charge is -2.29. The van der Waals surface area contributed by atoms with Crippen LogP contribution in [-0.4, -0.2) is 62.0 Å². The predicted molar refractivity (Wildman–Crippen MR) is 80.4 cm³/mol. The number of nitrogens with one attached hydrogen (secondary N) is 1. The predicted octanol–water partition coefficient (Wildman–Crippen LogP) is 1.57. The van der Waals surface area contributed by atoms with Crippen molar-refractivity contribution < 1.29 is 9.18 Å². The van der Waals surface area contributed by atoms with E-state index < -0.39 is 5.82 Å². The zero-order valence-electron chi connectivity index (χ0n) is 11.5. The smallest absolute Gasteiger partial charge is 0.256 e. The van der Waals surface area contributed by atoms with Crippen molar-refractivity contribution in [3.63, 3.8) is 0 Å². The van der Waals surface area contributed by atoms with Crippen molar-refractivity contribution in [2.75, 3.05) is 46.3 Å². The van der Waals surface area contributed by atoms with Gasteiger partial charge >= 0.3 is 0 Å². The number of rotatable bonds is 4. The van der Waals surface area contributed by atoms with Gasteiger partial charge in [-0.3, -0.25) is 9.69 Å². The summed E-state index contributed by atoms with van der Waals surface area (Å²) in [5, 5.41) is 3.29. The van der Waals surface area contributed by atoms with Gasteiger partial charge in [-0.05, 0) is 18.2 Å². The maximum atomic E-state index is 13.7. The summed E-state index contributed by atoms with van der Waals surface area (Å²) in [7, 11) is 1.71. The van der Waals surface area contributed by atoms with E-state index >= 15 is 0 Å². The minimum absolute atomic E-state index is 0.113. The Kier molecular flexibility index (Phi) is 5.51. The fraction of sp³-hybridized carbons (Fsp3) is 0.500. The second-order valence-corrected chi connectivity index (χ2v) is 5.86. The van der Waals surface area contributed by atoms with E-state index in [1.165, 1.54) is 12.1 Å². The molecule has 1 amide bonds. The van der Waals surface area contributed by atoms with Gasteiger partial charge in [0.1, 0.15) is 5.82 Å². The molecule has 1 heterocycles. The molecule has 0 aromatic heterocycles. The van der Waals surface area contributed by atoms with E-state index in [1.54, 1.807) is 18.0 Å². The van der Waals surface area contributed by atoms with E-state index in [1.807, 2.05) is 0 Å². The topological polar surface area (TPSA) is 35.6 Å². The van der Waals surface area contributed by atoms with E-state index in [0.717, 1.165) is 32.7 Å². The van der Waals surface area contributed by atoms with Crippen molar-refractivity contribution in [2.45, 2.75) is 0 Å². The Morgan fingerprint density at radius 1 is 1.45 bits per heavy atom. The van der Waals surface area contributed by atoms with Gasteiger partial charge in [-0.1, -0.05) is 15.9 Å². The van der Waals surface area contributed by atoms with Crippen LogP contribution in [-0.2, 0) is 0 Å². The van der Waals surface area contributed by atoms with Gasteiger partial charge in [-0.15, -0.1) is 0 Å². The van der Waals surface area contributed by atoms with Crippen LogP contribution in [0.2, 0.25) is 0 Å². The third kappa shape index (κ3) is 4.01. The highest BCUT2D eigenvalue weighted by Gasteiger charge is 2.18. The van der Waals surface area contributed by atoms with E-state index in [9.17, 15) is 9.18 Å². The van der Waals surface area contributed by atoms with Gasteiger partial charge in [0.25, 0.3) is 5.91 Å². The Morgan fingerprint density at radius 3 is 2.85 bits per heavy atom. The third-order valence-corrected chi connectivity index (χ3v) is 3.96. The van der Waals surface area contributed by atoms with Crippen LogP contribution in [0.15, 0.2) is 22.7 Å². The first kappa shape index (κ1) is 15.4.